The molecule has 2 aromatic carbocycles. The van der Waals surface area contributed by atoms with Gasteiger partial charge in [0.2, 0.25) is 5.91 Å². The van der Waals surface area contributed by atoms with Gasteiger partial charge in [0.15, 0.2) is 0 Å². The number of hydrogen-bond acceptors (Lipinski definition) is 5. The second kappa shape index (κ2) is 9.23. The van der Waals surface area contributed by atoms with E-state index < -0.39 is 5.97 Å². The molecule has 0 spiro atoms. The van der Waals surface area contributed by atoms with Gasteiger partial charge in [-0.3, -0.25) is 9.59 Å². The van der Waals surface area contributed by atoms with E-state index in [-0.39, 0.29) is 17.7 Å². The summed E-state index contributed by atoms with van der Waals surface area (Å²) in [5.74, 6) is -0.209. The fourth-order valence-electron chi connectivity index (χ4n) is 3.39. The number of methoxy groups -OCH3 is 2. The minimum atomic E-state index is -0.421. The molecular weight excluding hydrogens is 372 g/mol. The number of carbonyl (C=O) groups excluding carboxylic acids is 3. The standard InChI is InChI=1S/C22H24N2O5/c1-28-19-6-4-3-5-18(19)21(26)24-13-11-15(12-14-24)20(25)23-17-9-7-16(8-10-17)22(27)29-2/h3-10,15H,11-14H2,1-2H3,(H,23,25). The first-order valence-electron chi connectivity index (χ1n) is 9.45. The van der Waals surface area contributed by atoms with E-state index in [1.807, 2.05) is 6.07 Å². The molecule has 0 radical (unpaired) electrons. The second-order valence-electron chi connectivity index (χ2n) is 6.82. The second-order valence-corrected chi connectivity index (χ2v) is 6.82. The zero-order valence-corrected chi connectivity index (χ0v) is 16.5. The molecule has 1 heterocycles. The van der Waals surface area contributed by atoms with Crippen molar-refractivity contribution in [3.05, 3.63) is 59.7 Å². The quantitative estimate of drug-likeness (QED) is 0.786. The molecule has 1 N–H and O–H groups in total. The van der Waals surface area contributed by atoms with Crippen LogP contribution in [0.3, 0.4) is 0 Å². The molecule has 0 bridgehead atoms. The molecule has 1 aliphatic heterocycles. The predicted octanol–water partition coefficient (Wildman–Crippen LogP) is 2.97. The minimum Gasteiger partial charge on any atom is -0.496 e. The summed E-state index contributed by atoms with van der Waals surface area (Å²) in [6.45, 7) is 1.02. The van der Waals surface area contributed by atoms with E-state index in [0.29, 0.717) is 48.5 Å². The Balaban J connectivity index is 1.55. The van der Waals surface area contributed by atoms with Crippen LogP contribution in [-0.4, -0.2) is 50.0 Å². The highest BCUT2D eigenvalue weighted by atomic mass is 16.5. The lowest BCUT2D eigenvalue weighted by molar-refractivity contribution is -0.121. The first-order chi connectivity index (χ1) is 14.0. The number of esters is 1. The van der Waals surface area contributed by atoms with E-state index in [9.17, 15) is 14.4 Å². The van der Waals surface area contributed by atoms with Crippen molar-refractivity contribution in [2.45, 2.75) is 12.8 Å². The number of amides is 2. The minimum absolute atomic E-state index is 0.0831. The van der Waals surface area contributed by atoms with Crippen LogP contribution in [0.25, 0.3) is 0 Å². The number of benzene rings is 2. The van der Waals surface area contributed by atoms with Crippen LogP contribution in [0.2, 0.25) is 0 Å². The molecule has 0 aromatic heterocycles. The van der Waals surface area contributed by atoms with Gasteiger partial charge in [0.05, 0.1) is 25.3 Å². The smallest absolute Gasteiger partial charge is 0.337 e. The summed E-state index contributed by atoms with van der Waals surface area (Å²) in [4.78, 5) is 38.6. The van der Waals surface area contributed by atoms with E-state index in [1.165, 1.54) is 7.11 Å². The summed E-state index contributed by atoms with van der Waals surface area (Å²) in [6.07, 6.45) is 1.18. The zero-order valence-electron chi connectivity index (χ0n) is 16.5. The fraction of sp³-hybridized carbons (Fsp3) is 0.318. The average Bonchev–Trinajstić information content (AvgIpc) is 2.78. The summed E-state index contributed by atoms with van der Waals surface area (Å²) in [5.41, 5.74) is 1.58. The van der Waals surface area contributed by atoms with Gasteiger partial charge in [-0.05, 0) is 49.2 Å². The SMILES string of the molecule is COC(=O)c1ccc(NC(=O)C2CCN(C(=O)c3ccccc3OC)CC2)cc1. The molecule has 3 rings (SSSR count). The maximum Gasteiger partial charge on any atom is 0.337 e. The van der Waals surface area contributed by atoms with Gasteiger partial charge < -0.3 is 19.7 Å². The van der Waals surface area contributed by atoms with Crippen LogP contribution in [-0.2, 0) is 9.53 Å². The maximum absolute atomic E-state index is 12.8. The normalized spacial score (nSPS) is 14.2. The van der Waals surface area contributed by atoms with E-state index in [0.717, 1.165) is 0 Å². The van der Waals surface area contributed by atoms with E-state index >= 15 is 0 Å². The number of piperidine rings is 1. The van der Waals surface area contributed by atoms with Crippen LogP contribution < -0.4 is 10.1 Å². The molecule has 7 heteroatoms. The lowest BCUT2D eigenvalue weighted by Crippen LogP contribution is -2.41. The van der Waals surface area contributed by atoms with Gasteiger partial charge in [-0.15, -0.1) is 0 Å². The van der Waals surface area contributed by atoms with E-state index in [2.05, 4.69) is 10.1 Å². The Bertz CT molecular complexity index is 886. The van der Waals surface area contributed by atoms with Crippen LogP contribution in [0, 0.1) is 5.92 Å². The number of nitrogens with zero attached hydrogens (tertiary/aromatic N) is 1. The zero-order chi connectivity index (χ0) is 20.8. The Morgan fingerprint density at radius 3 is 2.24 bits per heavy atom. The van der Waals surface area contributed by atoms with Gasteiger partial charge in [0.25, 0.3) is 5.91 Å². The molecule has 152 valence electrons. The van der Waals surface area contributed by atoms with Gasteiger partial charge in [0.1, 0.15) is 5.75 Å². The third-order valence-electron chi connectivity index (χ3n) is 5.06. The number of hydrogen-bond donors (Lipinski definition) is 1. The van der Waals surface area contributed by atoms with Crippen molar-refractivity contribution < 1.29 is 23.9 Å². The monoisotopic (exact) mass is 396 g/mol. The number of para-hydroxylation sites is 1. The van der Waals surface area contributed by atoms with Gasteiger partial charge >= 0.3 is 5.97 Å². The predicted molar refractivity (Wildman–Crippen MR) is 108 cm³/mol. The summed E-state index contributed by atoms with van der Waals surface area (Å²) in [7, 11) is 2.86. The van der Waals surface area contributed by atoms with Gasteiger partial charge in [-0.25, -0.2) is 4.79 Å². The molecule has 0 unspecified atom stereocenters. The number of nitrogens with one attached hydrogen (secondary N) is 1. The van der Waals surface area contributed by atoms with Crippen molar-refractivity contribution in [1.82, 2.24) is 4.90 Å². The van der Waals surface area contributed by atoms with Crippen molar-refractivity contribution in [3.8, 4) is 5.75 Å². The topological polar surface area (TPSA) is 84.9 Å². The molecule has 1 fully saturated rings. The molecule has 0 aliphatic carbocycles. The maximum atomic E-state index is 12.8. The van der Waals surface area contributed by atoms with E-state index in [4.69, 9.17) is 4.74 Å². The van der Waals surface area contributed by atoms with Gasteiger partial charge in [-0.1, -0.05) is 12.1 Å². The lowest BCUT2D eigenvalue weighted by Gasteiger charge is -2.31. The summed E-state index contributed by atoms with van der Waals surface area (Å²) in [5, 5.41) is 2.88. The molecule has 1 saturated heterocycles. The number of carbonyl (C=O) groups is 3. The van der Waals surface area contributed by atoms with Crippen LogP contribution in [0.5, 0.6) is 5.75 Å². The molecule has 2 aromatic rings. The Morgan fingerprint density at radius 2 is 1.62 bits per heavy atom. The summed E-state index contributed by atoms with van der Waals surface area (Å²) >= 11 is 0. The van der Waals surface area contributed by atoms with Crippen molar-refractivity contribution in [2.24, 2.45) is 5.92 Å². The molecule has 2 amide bonds. The summed E-state index contributed by atoms with van der Waals surface area (Å²) in [6, 6.07) is 13.7. The first kappa shape index (κ1) is 20.4. The van der Waals surface area contributed by atoms with Gasteiger partial charge in [-0.2, -0.15) is 0 Å². The van der Waals surface area contributed by atoms with Crippen molar-refractivity contribution in [2.75, 3.05) is 32.6 Å². The molecule has 7 nitrogen and oxygen atoms in total. The van der Waals surface area contributed by atoms with Crippen molar-refractivity contribution >= 4 is 23.5 Å². The third kappa shape index (κ3) is 4.74. The van der Waals surface area contributed by atoms with Crippen molar-refractivity contribution in [1.29, 1.82) is 0 Å². The van der Waals surface area contributed by atoms with Gasteiger partial charge in [0, 0.05) is 24.7 Å². The lowest BCUT2D eigenvalue weighted by atomic mass is 9.95. The van der Waals surface area contributed by atoms with Crippen LogP contribution in [0.1, 0.15) is 33.6 Å². The van der Waals surface area contributed by atoms with Crippen LogP contribution in [0.15, 0.2) is 48.5 Å². The highest BCUT2D eigenvalue weighted by molar-refractivity contribution is 5.97. The van der Waals surface area contributed by atoms with Crippen LogP contribution in [0.4, 0.5) is 5.69 Å². The Hall–Kier alpha value is -3.35. The van der Waals surface area contributed by atoms with Crippen molar-refractivity contribution in [3.63, 3.8) is 0 Å². The number of rotatable bonds is 5. The molecule has 0 atom stereocenters. The largest absolute Gasteiger partial charge is 0.496 e. The van der Waals surface area contributed by atoms with Crippen LogP contribution >= 0.6 is 0 Å². The average molecular weight is 396 g/mol. The Kier molecular flexibility index (Phi) is 6.49. The molecule has 0 saturated carbocycles. The number of ether oxygens (including phenoxy) is 2. The fourth-order valence-corrected chi connectivity index (χ4v) is 3.39. The molecule has 29 heavy (non-hydrogen) atoms. The molecular formula is C22H24N2O5. The van der Waals surface area contributed by atoms with E-state index in [1.54, 1.807) is 54.5 Å². The third-order valence-corrected chi connectivity index (χ3v) is 5.06. The first-order valence-corrected chi connectivity index (χ1v) is 9.45. The number of anilines is 1. The highest BCUT2D eigenvalue weighted by Gasteiger charge is 2.29. The number of likely N-dealkylation sites (tertiary alicyclic amines) is 1. The Labute approximate surface area is 169 Å². The molecule has 1 aliphatic rings. The summed E-state index contributed by atoms with van der Waals surface area (Å²) < 4.78 is 9.93. The Morgan fingerprint density at radius 1 is 0.966 bits per heavy atom. The highest BCUT2D eigenvalue weighted by Crippen LogP contribution is 2.24.